The lowest BCUT2D eigenvalue weighted by Gasteiger charge is -2.45. The number of ether oxygens (including phenoxy) is 6. The van der Waals surface area contributed by atoms with Gasteiger partial charge in [0.05, 0.1) is 26.4 Å². The summed E-state index contributed by atoms with van der Waals surface area (Å²) in [5, 5.41) is 8.23. The third-order valence-corrected chi connectivity index (χ3v) is 6.86. The van der Waals surface area contributed by atoms with E-state index in [0.717, 1.165) is 16.7 Å². The molecule has 1 N–H and O–H groups in total. The van der Waals surface area contributed by atoms with E-state index >= 15 is 0 Å². The molecule has 1 fully saturated rings. The zero-order valence-corrected chi connectivity index (χ0v) is 25.1. The number of alkyl halides is 3. The number of rotatable bonds is 12. The van der Waals surface area contributed by atoms with Gasteiger partial charge < -0.3 is 28.4 Å². The summed E-state index contributed by atoms with van der Waals surface area (Å²) in [6.45, 7) is 1.90. The number of carbonyl (C=O) groups excluding carboxylic acids is 1. The molecule has 1 heterocycles. The maximum Gasteiger partial charge on any atom is 0.303 e. The predicted octanol–water partition coefficient (Wildman–Crippen LogP) is 6.39. The molecular weight excluding hydrogens is 605 g/mol. The Morgan fingerprint density at radius 2 is 1.21 bits per heavy atom. The van der Waals surface area contributed by atoms with Gasteiger partial charge in [-0.25, -0.2) is 0 Å². The van der Waals surface area contributed by atoms with E-state index in [1.54, 1.807) is 0 Å². The van der Waals surface area contributed by atoms with Gasteiger partial charge in [0.2, 0.25) is 12.2 Å². The SMILES string of the molecule is CC(=O)O[C@H]1[C@H](OCc2ccccc2)[C@H](OCc2ccccc2)C(OC(=N)C(Cl)(Cl)Cl)O[C@@H]1COCc1ccccc1. The Labute approximate surface area is 260 Å². The van der Waals surface area contributed by atoms with Gasteiger partial charge in [-0.15, -0.1) is 0 Å². The fourth-order valence-electron chi connectivity index (χ4n) is 4.39. The van der Waals surface area contributed by atoms with E-state index in [0.29, 0.717) is 0 Å². The summed E-state index contributed by atoms with van der Waals surface area (Å²) in [6.07, 6.45) is -5.01. The van der Waals surface area contributed by atoms with E-state index < -0.39 is 46.4 Å². The number of benzene rings is 3. The molecule has 224 valence electrons. The molecular formula is C31H32Cl3NO7. The van der Waals surface area contributed by atoms with Crippen molar-refractivity contribution in [3.05, 3.63) is 108 Å². The quantitative estimate of drug-likeness (QED) is 0.106. The van der Waals surface area contributed by atoms with Crippen molar-refractivity contribution in [2.75, 3.05) is 6.61 Å². The van der Waals surface area contributed by atoms with Crippen molar-refractivity contribution in [2.45, 2.75) is 61.2 Å². The average molecular weight is 637 g/mol. The molecule has 8 nitrogen and oxygen atoms in total. The van der Waals surface area contributed by atoms with Gasteiger partial charge in [-0.05, 0) is 16.7 Å². The molecule has 1 aliphatic rings. The van der Waals surface area contributed by atoms with Crippen LogP contribution in [-0.4, -0.2) is 53.0 Å². The molecule has 1 saturated heterocycles. The van der Waals surface area contributed by atoms with Gasteiger partial charge in [0.15, 0.2) is 6.10 Å². The highest BCUT2D eigenvalue weighted by Gasteiger charge is 2.51. The summed E-state index contributed by atoms with van der Waals surface area (Å²) in [5.74, 6) is -1.21. The Morgan fingerprint density at radius 3 is 1.69 bits per heavy atom. The van der Waals surface area contributed by atoms with Gasteiger partial charge in [-0.2, -0.15) is 0 Å². The molecule has 0 saturated carbocycles. The van der Waals surface area contributed by atoms with Crippen LogP contribution in [0.1, 0.15) is 23.6 Å². The molecule has 3 aromatic rings. The summed E-state index contributed by atoms with van der Waals surface area (Å²) in [6, 6.07) is 28.5. The number of hydrogen-bond acceptors (Lipinski definition) is 8. The maximum atomic E-state index is 12.3. The van der Waals surface area contributed by atoms with Gasteiger partial charge in [-0.3, -0.25) is 10.2 Å². The Morgan fingerprint density at radius 1 is 0.738 bits per heavy atom. The minimum atomic E-state index is -2.15. The van der Waals surface area contributed by atoms with Crippen LogP contribution in [0.5, 0.6) is 0 Å². The smallest absolute Gasteiger partial charge is 0.303 e. The van der Waals surface area contributed by atoms with Crippen molar-refractivity contribution < 1.29 is 33.2 Å². The summed E-state index contributed by atoms with van der Waals surface area (Å²) in [4.78, 5) is 12.3. The molecule has 0 bridgehead atoms. The summed E-state index contributed by atoms with van der Waals surface area (Å²) < 4.78 is 34.3. The molecule has 0 spiro atoms. The number of nitrogens with one attached hydrogen (secondary N) is 1. The first-order valence-corrected chi connectivity index (χ1v) is 14.4. The van der Waals surface area contributed by atoms with Crippen molar-refractivity contribution in [1.29, 1.82) is 5.41 Å². The van der Waals surface area contributed by atoms with Crippen LogP contribution < -0.4 is 0 Å². The largest absolute Gasteiger partial charge is 0.457 e. The van der Waals surface area contributed by atoms with Crippen LogP contribution in [0.4, 0.5) is 0 Å². The third kappa shape index (κ3) is 9.67. The Balaban J connectivity index is 1.64. The molecule has 11 heteroatoms. The molecule has 0 aliphatic carbocycles. The molecule has 4 rings (SSSR count). The van der Waals surface area contributed by atoms with Gasteiger partial charge in [0.1, 0.15) is 18.3 Å². The highest BCUT2D eigenvalue weighted by atomic mass is 35.6. The Bertz CT molecular complexity index is 1260. The zero-order chi connectivity index (χ0) is 30.0. The topological polar surface area (TPSA) is 96.3 Å². The van der Waals surface area contributed by atoms with Crippen molar-refractivity contribution in [3.63, 3.8) is 0 Å². The lowest BCUT2D eigenvalue weighted by molar-refractivity contribution is -0.307. The van der Waals surface area contributed by atoms with E-state index in [2.05, 4.69) is 0 Å². The van der Waals surface area contributed by atoms with Crippen molar-refractivity contribution in [3.8, 4) is 0 Å². The van der Waals surface area contributed by atoms with Crippen molar-refractivity contribution >= 4 is 46.7 Å². The van der Waals surface area contributed by atoms with Gasteiger partial charge in [0, 0.05) is 6.92 Å². The number of carbonyl (C=O) groups is 1. The highest BCUT2D eigenvalue weighted by molar-refractivity contribution is 6.76. The zero-order valence-electron chi connectivity index (χ0n) is 22.9. The van der Waals surface area contributed by atoms with Crippen molar-refractivity contribution in [2.24, 2.45) is 0 Å². The molecule has 3 aromatic carbocycles. The van der Waals surface area contributed by atoms with Crippen LogP contribution in [-0.2, 0) is 53.0 Å². The standard InChI is InChI=1S/C31H32Cl3NO7/c1-21(36)40-26-25(20-37-17-22-11-5-2-6-12-22)41-29(42-30(35)31(32,33)34)28(39-19-24-15-9-4-10-16-24)27(26)38-18-23-13-7-3-8-14-23/h2-16,25-29,35H,17-20H2,1H3/t25-,26-,27+,28+,29?/m1/s1. The first-order chi connectivity index (χ1) is 20.2. The second-order valence-electron chi connectivity index (χ2n) is 9.58. The summed E-state index contributed by atoms with van der Waals surface area (Å²) >= 11 is 17.8. The predicted molar refractivity (Wildman–Crippen MR) is 159 cm³/mol. The average Bonchev–Trinajstić information content (AvgIpc) is 2.97. The van der Waals surface area contributed by atoms with Crippen LogP contribution in [0, 0.1) is 5.41 Å². The normalized spacial score (nSPS) is 22.3. The fourth-order valence-corrected chi connectivity index (χ4v) is 4.52. The number of esters is 1. The molecule has 5 atom stereocenters. The molecule has 0 aromatic heterocycles. The monoisotopic (exact) mass is 635 g/mol. The second-order valence-corrected chi connectivity index (χ2v) is 11.9. The lowest BCUT2D eigenvalue weighted by Crippen LogP contribution is -2.62. The van der Waals surface area contributed by atoms with Crippen LogP contribution >= 0.6 is 34.8 Å². The summed E-state index contributed by atoms with van der Waals surface area (Å²) in [5.41, 5.74) is 2.70. The van der Waals surface area contributed by atoms with Crippen LogP contribution in [0.3, 0.4) is 0 Å². The first-order valence-electron chi connectivity index (χ1n) is 13.3. The minimum Gasteiger partial charge on any atom is -0.457 e. The summed E-state index contributed by atoms with van der Waals surface area (Å²) in [7, 11) is 0. The molecule has 1 aliphatic heterocycles. The Kier molecular flexibility index (Phi) is 12.0. The van der Waals surface area contributed by atoms with Gasteiger partial charge in [-0.1, -0.05) is 126 Å². The second kappa shape index (κ2) is 15.7. The number of halogens is 3. The molecule has 1 unspecified atom stereocenters. The lowest BCUT2D eigenvalue weighted by atomic mass is 9.98. The number of hydrogen-bond donors (Lipinski definition) is 1. The van der Waals surface area contributed by atoms with Crippen LogP contribution in [0.2, 0.25) is 0 Å². The highest BCUT2D eigenvalue weighted by Crippen LogP contribution is 2.34. The van der Waals surface area contributed by atoms with Gasteiger partial charge >= 0.3 is 5.97 Å². The van der Waals surface area contributed by atoms with E-state index in [-0.39, 0.29) is 26.4 Å². The van der Waals surface area contributed by atoms with E-state index in [9.17, 15) is 4.79 Å². The molecule has 42 heavy (non-hydrogen) atoms. The minimum absolute atomic E-state index is 0.00437. The van der Waals surface area contributed by atoms with Crippen LogP contribution in [0.25, 0.3) is 0 Å². The maximum absolute atomic E-state index is 12.3. The Hall–Kier alpha value is -2.69. The molecule has 0 amide bonds. The fraction of sp³-hybridized carbons (Fsp3) is 0.355. The third-order valence-electron chi connectivity index (χ3n) is 6.35. The van der Waals surface area contributed by atoms with Gasteiger partial charge in [0.25, 0.3) is 3.79 Å². The van der Waals surface area contributed by atoms with E-state index in [4.69, 9.17) is 68.6 Å². The van der Waals surface area contributed by atoms with Crippen molar-refractivity contribution in [1.82, 2.24) is 0 Å². The van der Waals surface area contributed by atoms with E-state index in [1.807, 2.05) is 91.0 Å². The first kappa shape index (κ1) is 32.2. The van der Waals surface area contributed by atoms with Crippen LogP contribution in [0.15, 0.2) is 91.0 Å². The van der Waals surface area contributed by atoms with E-state index in [1.165, 1.54) is 6.92 Å². The molecule has 0 radical (unpaired) electrons.